The Bertz CT molecular complexity index is 1080. The van der Waals surface area contributed by atoms with Crippen LogP contribution in [0.4, 0.5) is 10.1 Å². The standard InChI is InChI=1S/C21H19FN4O2/c1-14-2-3-16-12-17(22)4-6-19(16)26(14)21(28)13-25-20(27)7-5-18(24-25)15-8-10-23-11-9-15/h4-12,14H,2-3,13H2,1H3. The SMILES string of the molecule is CC1CCc2cc(F)ccc2N1C(=O)Cn1nc(-c2ccncc2)ccc1=O. The number of carbonyl (C=O) groups is 1. The molecule has 3 aromatic rings. The summed E-state index contributed by atoms with van der Waals surface area (Å²) in [5.41, 5.74) is 2.54. The minimum Gasteiger partial charge on any atom is -0.308 e. The quantitative estimate of drug-likeness (QED) is 0.703. The van der Waals surface area contributed by atoms with Crippen molar-refractivity contribution in [2.24, 2.45) is 0 Å². The van der Waals surface area contributed by atoms with Crippen molar-refractivity contribution in [1.82, 2.24) is 14.8 Å². The second kappa shape index (κ2) is 7.34. The Labute approximate surface area is 161 Å². The molecule has 2 aromatic heterocycles. The predicted octanol–water partition coefficient (Wildman–Crippen LogP) is 2.81. The van der Waals surface area contributed by atoms with Crippen molar-refractivity contribution in [2.75, 3.05) is 4.90 Å². The van der Waals surface area contributed by atoms with Crippen molar-refractivity contribution in [1.29, 1.82) is 0 Å². The number of aryl methyl sites for hydroxylation is 1. The predicted molar refractivity (Wildman–Crippen MR) is 103 cm³/mol. The van der Waals surface area contributed by atoms with Crippen LogP contribution in [-0.2, 0) is 17.8 Å². The number of pyridine rings is 1. The van der Waals surface area contributed by atoms with Gasteiger partial charge in [-0.3, -0.25) is 14.6 Å². The molecule has 1 aliphatic rings. The van der Waals surface area contributed by atoms with E-state index >= 15 is 0 Å². The van der Waals surface area contributed by atoms with Gasteiger partial charge in [-0.05, 0) is 61.7 Å². The number of hydrogen-bond donors (Lipinski definition) is 0. The summed E-state index contributed by atoms with van der Waals surface area (Å²) in [5, 5.41) is 4.34. The largest absolute Gasteiger partial charge is 0.308 e. The Morgan fingerprint density at radius 1 is 1.18 bits per heavy atom. The molecule has 142 valence electrons. The average Bonchev–Trinajstić information content (AvgIpc) is 2.70. The molecule has 4 rings (SSSR count). The minimum absolute atomic E-state index is 0.0375. The lowest BCUT2D eigenvalue weighted by molar-refractivity contribution is -0.120. The number of anilines is 1. The van der Waals surface area contributed by atoms with Crippen LogP contribution in [0, 0.1) is 5.82 Å². The Hall–Kier alpha value is -3.35. The molecule has 3 heterocycles. The van der Waals surface area contributed by atoms with Gasteiger partial charge >= 0.3 is 0 Å². The highest BCUT2D eigenvalue weighted by atomic mass is 19.1. The maximum atomic E-state index is 13.6. The number of amides is 1. The molecule has 1 aliphatic heterocycles. The number of rotatable bonds is 3. The zero-order chi connectivity index (χ0) is 19.7. The first-order valence-electron chi connectivity index (χ1n) is 9.12. The maximum Gasteiger partial charge on any atom is 0.267 e. The summed E-state index contributed by atoms with van der Waals surface area (Å²) in [6.07, 6.45) is 4.74. The third kappa shape index (κ3) is 3.43. The fraction of sp³-hybridized carbons (Fsp3) is 0.238. The summed E-state index contributed by atoms with van der Waals surface area (Å²) in [7, 11) is 0. The van der Waals surface area contributed by atoms with Crippen LogP contribution in [0.25, 0.3) is 11.3 Å². The second-order valence-corrected chi connectivity index (χ2v) is 6.87. The van der Waals surface area contributed by atoms with E-state index in [-0.39, 0.29) is 29.9 Å². The fourth-order valence-electron chi connectivity index (χ4n) is 3.54. The summed E-state index contributed by atoms with van der Waals surface area (Å²) in [6, 6.07) is 11.0. The van der Waals surface area contributed by atoms with E-state index in [0.29, 0.717) is 17.8 Å². The van der Waals surface area contributed by atoms with Gasteiger partial charge in [0.05, 0.1) is 5.69 Å². The summed E-state index contributed by atoms with van der Waals surface area (Å²) in [5.74, 6) is -0.565. The van der Waals surface area contributed by atoms with Gasteiger partial charge in [-0.1, -0.05) is 0 Å². The van der Waals surface area contributed by atoms with E-state index in [0.717, 1.165) is 17.5 Å². The normalized spacial score (nSPS) is 15.9. The number of halogens is 1. The van der Waals surface area contributed by atoms with Gasteiger partial charge in [0.15, 0.2) is 0 Å². The molecule has 28 heavy (non-hydrogen) atoms. The maximum absolute atomic E-state index is 13.6. The molecule has 1 atom stereocenters. The average molecular weight is 378 g/mol. The molecular weight excluding hydrogens is 359 g/mol. The van der Waals surface area contributed by atoms with E-state index < -0.39 is 0 Å². The fourth-order valence-corrected chi connectivity index (χ4v) is 3.54. The Morgan fingerprint density at radius 3 is 2.75 bits per heavy atom. The van der Waals surface area contributed by atoms with Crippen LogP contribution in [0.1, 0.15) is 18.9 Å². The van der Waals surface area contributed by atoms with E-state index in [2.05, 4.69) is 10.1 Å². The molecule has 0 radical (unpaired) electrons. The van der Waals surface area contributed by atoms with E-state index in [4.69, 9.17) is 0 Å². The molecule has 0 bridgehead atoms. The summed E-state index contributed by atoms with van der Waals surface area (Å²) < 4.78 is 14.7. The molecule has 6 nitrogen and oxygen atoms in total. The zero-order valence-corrected chi connectivity index (χ0v) is 15.4. The topological polar surface area (TPSA) is 68.1 Å². The Balaban J connectivity index is 1.65. The van der Waals surface area contributed by atoms with E-state index in [1.54, 1.807) is 41.6 Å². The van der Waals surface area contributed by atoms with Crippen molar-refractivity contribution < 1.29 is 9.18 Å². The number of benzene rings is 1. The number of aromatic nitrogens is 3. The molecule has 7 heteroatoms. The van der Waals surface area contributed by atoms with Gasteiger partial charge in [-0.25, -0.2) is 9.07 Å². The smallest absolute Gasteiger partial charge is 0.267 e. The first-order chi connectivity index (χ1) is 13.5. The lowest BCUT2D eigenvalue weighted by Gasteiger charge is -2.35. The van der Waals surface area contributed by atoms with Crippen molar-refractivity contribution in [3.63, 3.8) is 0 Å². The highest BCUT2D eigenvalue weighted by molar-refractivity contribution is 5.95. The van der Waals surface area contributed by atoms with Crippen LogP contribution in [0.5, 0.6) is 0 Å². The number of carbonyl (C=O) groups excluding carboxylic acids is 1. The van der Waals surface area contributed by atoms with Gasteiger partial charge < -0.3 is 4.90 Å². The van der Waals surface area contributed by atoms with Crippen LogP contribution in [0.15, 0.2) is 59.7 Å². The van der Waals surface area contributed by atoms with Crippen LogP contribution >= 0.6 is 0 Å². The van der Waals surface area contributed by atoms with E-state index in [9.17, 15) is 14.0 Å². The van der Waals surface area contributed by atoms with E-state index in [1.165, 1.54) is 22.9 Å². The third-order valence-electron chi connectivity index (χ3n) is 4.97. The third-order valence-corrected chi connectivity index (χ3v) is 4.97. The molecule has 0 N–H and O–H groups in total. The minimum atomic E-state index is -0.352. The number of hydrogen-bond acceptors (Lipinski definition) is 4. The van der Waals surface area contributed by atoms with Crippen molar-refractivity contribution in [2.45, 2.75) is 32.4 Å². The van der Waals surface area contributed by atoms with Gasteiger partial charge in [0.25, 0.3) is 5.56 Å². The van der Waals surface area contributed by atoms with E-state index in [1.807, 2.05) is 6.92 Å². The molecule has 1 amide bonds. The lowest BCUT2D eigenvalue weighted by Crippen LogP contribution is -2.45. The van der Waals surface area contributed by atoms with Crippen LogP contribution in [0.2, 0.25) is 0 Å². The summed E-state index contributed by atoms with van der Waals surface area (Å²) >= 11 is 0. The molecule has 0 saturated carbocycles. The van der Waals surface area contributed by atoms with Crippen molar-refractivity contribution >= 4 is 11.6 Å². The van der Waals surface area contributed by atoms with Gasteiger partial charge in [0.1, 0.15) is 12.4 Å². The molecular formula is C21H19FN4O2. The van der Waals surface area contributed by atoms with Gasteiger partial charge in [-0.2, -0.15) is 5.10 Å². The second-order valence-electron chi connectivity index (χ2n) is 6.87. The summed E-state index contributed by atoms with van der Waals surface area (Å²) in [6.45, 7) is 1.77. The molecule has 0 spiro atoms. The number of fused-ring (bicyclic) bond motifs is 1. The van der Waals surface area contributed by atoms with Gasteiger partial charge in [0.2, 0.25) is 5.91 Å². The van der Waals surface area contributed by atoms with Crippen LogP contribution in [-0.4, -0.2) is 26.7 Å². The van der Waals surface area contributed by atoms with Crippen LogP contribution < -0.4 is 10.5 Å². The highest BCUT2D eigenvalue weighted by Gasteiger charge is 2.29. The van der Waals surface area contributed by atoms with Crippen molar-refractivity contribution in [3.8, 4) is 11.3 Å². The van der Waals surface area contributed by atoms with Gasteiger partial charge in [0, 0.05) is 35.8 Å². The lowest BCUT2D eigenvalue weighted by atomic mass is 9.96. The number of nitrogens with zero attached hydrogens (tertiary/aromatic N) is 4. The summed E-state index contributed by atoms with van der Waals surface area (Å²) in [4.78, 5) is 30.9. The zero-order valence-electron chi connectivity index (χ0n) is 15.4. The Kier molecular flexibility index (Phi) is 4.73. The first-order valence-corrected chi connectivity index (χ1v) is 9.12. The molecule has 1 unspecified atom stereocenters. The van der Waals surface area contributed by atoms with Gasteiger partial charge in [-0.15, -0.1) is 0 Å². The molecule has 0 fully saturated rings. The molecule has 1 aromatic carbocycles. The Morgan fingerprint density at radius 2 is 1.96 bits per heavy atom. The molecule has 0 aliphatic carbocycles. The van der Waals surface area contributed by atoms with Crippen molar-refractivity contribution in [3.05, 3.63) is 76.6 Å². The highest BCUT2D eigenvalue weighted by Crippen LogP contribution is 2.31. The monoisotopic (exact) mass is 378 g/mol. The first kappa shape index (κ1) is 18.0. The molecule has 0 saturated heterocycles. The van der Waals surface area contributed by atoms with Crippen LogP contribution in [0.3, 0.4) is 0 Å².